The van der Waals surface area contributed by atoms with Crippen LogP contribution < -0.4 is 0 Å². The van der Waals surface area contributed by atoms with E-state index in [4.69, 9.17) is 5.11 Å². The summed E-state index contributed by atoms with van der Waals surface area (Å²) in [5.41, 5.74) is 2.28. The largest absolute Gasteiger partial charge is 0.478 e. The quantitative estimate of drug-likeness (QED) is 0.636. The molecule has 1 aliphatic rings. The highest BCUT2D eigenvalue weighted by Gasteiger charge is 2.15. The van der Waals surface area contributed by atoms with Crippen LogP contribution in [-0.4, -0.2) is 70.2 Å². The second kappa shape index (κ2) is 8.65. The van der Waals surface area contributed by atoms with Gasteiger partial charge >= 0.3 is 5.97 Å². The average molecular weight is 425 g/mol. The number of halogens is 2. The van der Waals surface area contributed by atoms with E-state index in [9.17, 15) is 13.6 Å². The molecule has 0 unspecified atom stereocenters. The van der Waals surface area contributed by atoms with E-state index in [1.807, 2.05) is 5.01 Å². The van der Waals surface area contributed by atoms with Crippen molar-refractivity contribution in [1.82, 2.24) is 19.7 Å². The molecule has 0 saturated carbocycles. The lowest BCUT2D eigenvalue weighted by atomic mass is 10.1. The zero-order valence-corrected chi connectivity index (χ0v) is 16.9. The Kier molecular flexibility index (Phi) is 5.77. The van der Waals surface area contributed by atoms with E-state index in [1.165, 1.54) is 18.2 Å². The van der Waals surface area contributed by atoms with Crippen LogP contribution in [0.5, 0.6) is 0 Å². The van der Waals surface area contributed by atoms with Gasteiger partial charge in [-0.3, -0.25) is 5.01 Å². The van der Waals surface area contributed by atoms with Gasteiger partial charge in [0.1, 0.15) is 5.69 Å². The molecule has 31 heavy (non-hydrogen) atoms. The zero-order chi connectivity index (χ0) is 22.0. The molecule has 9 heteroatoms. The first-order chi connectivity index (χ1) is 14.9. The van der Waals surface area contributed by atoms with Crippen molar-refractivity contribution >= 4 is 12.2 Å². The van der Waals surface area contributed by atoms with Crippen LogP contribution in [0.15, 0.2) is 53.8 Å². The van der Waals surface area contributed by atoms with Crippen molar-refractivity contribution in [3.05, 3.63) is 71.4 Å². The fourth-order valence-corrected chi connectivity index (χ4v) is 3.29. The van der Waals surface area contributed by atoms with Gasteiger partial charge in [0.05, 0.1) is 17.5 Å². The summed E-state index contributed by atoms with van der Waals surface area (Å²) in [6, 6.07) is 9.85. The number of benzene rings is 2. The molecule has 160 valence electrons. The predicted octanol–water partition coefficient (Wildman–Crippen LogP) is 3.10. The third-order valence-corrected chi connectivity index (χ3v) is 5.15. The summed E-state index contributed by atoms with van der Waals surface area (Å²) in [4.78, 5) is 13.3. The van der Waals surface area contributed by atoms with E-state index in [-0.39, 0.29) is 5.56 Å². The maximum absolute atomic E-state index is 13.8. The molecule has 0 radical (unpaired) electrons. The molecule has 4 rings (SSSR count). The Morgan fingerprint density at radius 3 is 2.42 bits per heavy atom. The minimum absolute atomic E-state index is 0.161. The van der Waals surface area contributed by atoms with Crippen molar-refractivity contribution < 1.29 is 18.7 Å². The van der Waals surface area contributed by atoms with E-state index in [2.05, 4.69) is 22.1 Å². The monoisotopic (exact) mass is 425 g/mol. The summed E-state index contributed by atoms with van der Waals surface area (Å²) in [7, 11) is 2.06. The number of piperazine rings is 1. The molecular formula is C22H21F2N5O2. The molecule has 0 aliphatic carbocycles. The van der Waals surface area contributed by atoms with Gasteiger partial charge in [-0.05, 0) is 49.5 Å². The van der Waals surface area contributed by atoms with Crippen molar-refractivity contribution in [2.24, 2.45) is 5.10 Å². The minimum atomic E-state index is -1.02. The molecule has 2 heterocycles. The predicted molar refractivity (Wildman–Crippen MR) is 113 cm³/mol. The number of hydrogen-bond acceptors (Lipinski definition) is 5. The molecule has 0 bridgehead atoms. The fourth-order valence-electron chi connectivity index (χ4n) is 3.29. The standard InChI is InChI=1S/C22H21F2N5O2/c1-27-8-10-28(11-9-27)25-13-17-14-29(18-5-2-15(3-6-18)22(30)31)26-21(17)16-4-7-19(23)20(24)12-16/h2-7,12-14H,8-11H2,1H3,(H,30,31)/b25-13+. The Labute approximate surface area is 177 Å². The van der Waals surface area contributed by atoms with Crippen molar-refractivity contribution in [3.63, 3.8) is 0 Å². The van der Waals surface area contributed by atoms with E-state index in [1.54, 1.807) is 29.2 Å². The molecule has 0 amide bonds. The van der Waals surface area contributed by atoms with Crippen LogP contribution >= 0.6 is 0 Å². The van der Waals surface area contributed by atoms with Crippen LogP contribution in [0.3, 0.4) is 0 Å². The van der Waals surface area contributed by atoms with Crippen LogP contribution in [0, 0.1) is 11.6 Å². The Bertz CT molecular complexity index is 1120. The SMILES string of the molecule is CN1CCN(/N=C/c2cn(-c3ccc(C(=O)O)cc3)nc2-c2ccc(F)c(F)c2)CC1. The van der Waals surface area contributed by atoms with Gasteiger partial charge in [-0.2, -0.15) is 10.2 Å². The highest BCUT2D eigenvalue weighted by atomic mass is 19.2. The summed E-state index contributed by atoms with van der Waals surface area (Å²) >= 11 is 0. The topological polar surface area (TPSA) is 74.0 Å². The summed E-state index contributed by atoms with van der Waals surface area (Å²) < 4.78 is 28.8. The average Bonchev–Trinajstić information content (AvgIpc) is 3.19. The van der Waals surface area contributed by atoms with Gasteiger partial charge in [-0.1, -0.05) is 0 Å². The second-order valence-corrected chi connectivity index (χ2v) is 7.36. The number of nitrogens with zero attached hydrogens (tertiary/aromatic N) is 5. The fraction of sp³-hybridized carbons (Fsp3) is 0.227. The first kappa shape index (κ1) is 20.7. The Morgan fingerprint density at radius 1 is 1.06 bits per heavy atom. The second-order valence-electron chi connectivity index (χ2n) is 7.36. The third kappa shape index (κ3) is 4.61. The van der Waals surface area contributed by atoms with Crippen molar-refractivity contribution in [2.75, 3.05) is 33.2 Å². The summed E-state index contributed by atoms with van der Waals surface area (Å²) in [5.74, 6) is -2.91. The molecular weight excluding hydrogens is 404 g/mol. The van der Waals surface area contributed by atoms with Gasteiger partial charge in [-0.25, -0.2) is 18.3 Å². The molecule has 2 aromatic carbocycles. The molecule has 1 saturated heterocycles. The van der Waals surface area contributed by atoms with Crippen LogP contribution in [0.1, 0.15) is 15.9 Å². The molecule has 1 aromatic heterocycles. The van der Waals surface area contributed by atoms with Gasteiger partial charge < -0.3 is 10.0 Å². The molecule has 0 atom stereocenters. The summed E-state index contributed by atoms with van der Waals surface area (Å²) in [5, 5.41) is 20.1. The number of carbonyl (C=O) groups is 1. The van der Waals surface area contributed by atoms with Crippen LogP contribution in [-0.2, 0) is 0 Å². The van der Waals surface area contributed by atoms with E-state index in [0.717, 1.165) is 38.3 Å². The normalized spacial score (nSPS) is 15.0. The van der Waals surface area contributed by atoms with Crippen molar-refractivity contribution in [1.29, 1.82) is 0 Å². The smallest absolute Gasteiger partial charge is 0.335 e. The van der Waals surface area contributed by atoms with Crippen LogP contribution in [0.4, 0.5) is 8.78 Å². The van der Waals surface area contributed by atoms with Gasteiger partial charge in [0.25, 0.3) is 0 Å². The van der Waals surface area contributed by atoms with Gasteiger partial charge in [0.2, 0.25) is 0 Å². The Hall–Kier alpha value is -3.59. The summed E-state index contributed by atoms with van der Waals surface area (Å²) in [6.45, 7) is 3.39. The maximum atomic E-state index is 13.8. The van der Waals surface area contributed by atoms with Gasteiger partial charge in [0.15, 0.2) is 11.6 Å². The number of hydrogen-bond donors (Lipinski definition) is 1. The van der Waals surface area contributed by atoms with E-state index in [0.29, 0.717) is 22.5 Å². The number of likely N-dealkylation sites (N-methyl/N-ethyl adjacent to an activating group) is 1. The highest BCUT2D eigenvalue weighted by Crippen LogP contribution is 2.25. The number of aromatic carboxylic acids is 1. The molecule has 1 N–H and O–H groups in total. The van der Waals surface area contributed by atoms with E-state index >= 15 is 0 Å². The molecule has 3 aromatic rings. The lowest BCUT2D eigenvalue weighted by Gasteiger charge is -2.30. The molecule has 7 nitrogen and oxygen atoms in total. The first-order valence-electron chi connectivity index (χ1n) is 9.77. The van der Waals surface area contributed by atoms with Crippen molar-refractivity contribution in [3.8, 4) is 16.9 Å². The van der Waals surface area contributed by atoms with Crippen LogP contribution in [0.25, 0.3) is 16.9 Å². The molecule has 1 aliphatic heterocycles. The Morgan fingerprint density at radius 2 is 1.77 bits per heavy atom. The van der Waals surface area contributed by atoms with Crippen LogP contribution in [0.2, 0.25) is 0 Å². The maximum Gasteiger partial charge on any atom is 0.335 e. The number of rotatable bonds is 5. The molecule has 1 fully saturated rings. The number of carboxylic acid groups (broad SMARTS) is 1. The minimum Gasteiger partial charge on any atom is -0.478 e. The number of carboxylic acids is 1. The number of aromatic nitrogens is 2. The van der Waals surface area contributed by atoms with E-state index < -0.39 is 17.6 Å². The first-order valence-corrected chi connectivity index (χ1v) is 9.77. The lowest BCUT2D eigenvalue weighted by Crippen LogP contribution is -2.41. The number of hydrazone groups is 1. The molecule has 0 spiro atoms. The van der Waals surface area contributed by atoms with Crippen molar-refractivity contribution in [2.45, 2.75) is 0 Å². The summed E-state index contributed by atoms with van der Waals surface area (Å²) in [6.07, 6.45) is 3.39. The third-order valence-electron chi connectivity index (χ3n) is 5.15. The highest BCUT2D eigenvalue weighted by molar-refractivity contribution is 5.89. The zero-order valence-electron chi connectivity index (χ0n) is 16.9. The lowest BCUT2D eigenvalue weighted by molar-refractivity contribution is 0.0697. The van der Waals surface area contributed by atoms with Gasteiger partial charge in [0, 0.05) is 43.5 Å². The van der Waals surface area contributed by atoms with Gasteiger partial charge in [-0.15, -0.1) is 0 Å². The Balaban J connectivity index is 1.70.